The zero-order valence-corrected chi connectivity index (χ0v) is 10.4. The van der Waals surface area contributed by atoms with Crippen molar-refractivity contribution >= 4 is 5.82 Å². The predicted octanol–water partition coefficient (Wildman–Crippen LogP) is 1.54. The van der Waals surface area contributed by atoms with Crippen LogP contribution in [0.25, 0.3) is 0 Å². The van der Waals surface area contributed by atoms with Gasteiger partial charge in [-0.2, -0.15) is 0 Å². The quantitative estimate of drug-likeness (QED) is 0.725. The van der Waals surface area contributed by atoms with Crippen LogP contribution in [0.5, 0.6) is 0 Å². The van der Waals surface area contributed by atoms with E-state index in [1.165, 1.54) is 0 Å². The van der Waals surface area contributed by atoms with Gasteiger partial charge >= 0.3 is 0 Å². The van der Waals surface area contributed by atoms with E-state index in [-0.39, 0.29) is 5.54 Å². The van der Waals surface area contributed by atoms with Crippen LogP contribution >= 0.6 is 0 Å². The maximum Gasteiger partial charge on any atom is 0.126 e. The average Bonchev–Trinajstić information content (AvgIpc) is 2.25. The van der Waals surface area contributed by atoms with Crippen LogP contribution in [0.3, 0.4) is 0 Å². The molecule has 0 saturated carbocycles. The zero-order chi connectivity index (χ0) is 12.2. The van der Waals surface area contributed by atoms with Crippen LogP contribution in [0.2, 0.25) is 0 Å². The van der Waals surface area contributed by atoms with Crippen LogP contribution < -0.4 is 10.6 Å². The number of aliphatic hydroxyl groups is 1. The van der Waals surface area contributed by atoms with Crippen molar-refractivity contribution in [2.75, 3.05) is 18.9 Å². The Bertz CT molecular complexity index is 333. The first-order valence-electron chi connectivity index (χ1n) is 5.50. The molecule has 1 rings (SSSR count). The summed E-state index contributed by atoms with van der Waals surface area (Å²) in [6.07, 6.45) is -0.576. The minimum atomic E-state index is -0.576. The van der Waals surface area contributed by atoms with Gasteiger partial charge in [-0.3, -0.25) is 0 Å². The molecule has 4 nitrogen and oxygen atoms in total. The number of pyridine rings is 1. The number of nitrogens with one attached hydrogen (secondary N) is 2. The Morgan fingerprint density at radius 2 is 2.06 bits per heavy atom. The number of hydrogen-bond acceptors (Lipinski definition) is 4. The maximum absolute atomic E-state index is 9.95. The van der Waals surface area contributed by atoms with Gasteiger partial charge in [0.2, 0.25) is 0 Å². The van der Waals surface area contributed by atoms with Crippen LogP contribution in [-0.2, 0) is 0 Å². The summed E-state index contributed by atoms with van der Waals surface area (Å²) in [6.45, 7) is 6.70. The molecule has 1 aromatic heterocycles. The summed E-state index contributed by atoms with van der Waals surface area (Å²) in [4.78, 5) is 4.29. The number of rotatable bonds is 4. The van der Waals surface area contributed by atoms with E-state index in [9.17, 15) is 5.11 Å². The van der Waals surface area contributed by atoms with E-state index >= 15 is 0 Å². The lowest BCUT2D eigenvalue weighted by molar-refractivity contribution is 0.159. The summed E-state index contributed by atoms with van der Waals surface area (Å²) in [5.41, 5.74) is 0.685. The molecule has 0 aliphatic rings. The van der Waals surface area contributed by atoms with Gasteiger partial charge in [-0.1, -0.05) is 6.07 Å². The van der Waals surface area contributed by atoms with Gasteiger partial charge in [-0.15, -0.1) is 0 Å². The topological polar surface area (TPSA) is 57.2 Å². The Hall–Kier alpha value is -1.13. The van der Waals surface area contributed by atoms with Crippen LogP contribution in [0.15, 0.2) is 18.2 Å². The molecule has 0 radical (unpaired) electrons. The number of anilines is 1. The van der Waals surface area contributed by atoms with Crippen LogP contribution in [0, 0.1) is 0 Å². The Morgan fingerprint density at radius 3 is 2.62 bits per heavy atom. The van der Waals surface area contributed by atoms with Crippen molar-refractivity contribution in [1.82, 2.24) is 10.3 Å². The van der Waals surface area contributed by atoms with Gasteiger partial charge in [-0.05, 0) is 32.9 Å². The second-order valence-electron chi connectivity index (χ2n) is 4.84. The molecule has 3 N–H and O–H groups in total. The van der Waals surface area contributed by atoms with Gasteiger partial charge < -0.3 is 15.7 Å². The lowest BCUT2D eigenvalue weighted by atomic mass is 10.1. The molecule has 0 aliphatic carbocycles. The third-order valence-corrected chi connectivity index (χ3v) is 2.19. The molecule has 1 heterocycles. The second-order valence-corrected chi connectivity index (χ2v) is 4.84. The number of β-amino-alcohol motifs (C(OH)–C–C–N with tert-alkyl or cyclic N) is 1. The van der Waals surface area contributed by atoms with Crippen molar-refractivity contribution in [3.8, 4) is 0 Å². The van der Waals surface area contributed by atoms with E-state index in [2.05, 4.69) is 36.4 Å². The first-order chi connectivity index (χ1) is 7.42. The maximum atomic E-state index is 9.95. The summed E-state index contributed by atoms with van der Waals surface area (Å²) in [5, 5.41) is 16.2. The minimum absolute atomic E-state index is 0.00158. The number of nitrogens with zero attached hydrogens (tertiary/aromatic N) is 1. The van der Waals surface area contributed by atoms with Crippen LogP contribution in [-0.4, -0.2) is 29.2 Å². The van der Waals surface area contributed by atoms with Crippen LogP contribution in [0.4, 0.5) is 5.82 Å². The molecule has 0 saturated heterocycles. The minimum Gasteiger partial charge on any atom is -0.385 e. The molecule has 4 heteroatoms. The van der Waals surface area contributed by atoms with E-state index in [0.29, 0.717) is 12.2 Å². The molecule has 16 heavy (non-hydrogen) atoms. The highest BCUT2D eigenvalue weighted by Crippen LogP contribution is 2.13. The number of aliphatic hydroxyl groups excluding tert-OH is 1. The predicted molar refractivity (Wildman–Crippen MR) is 66.5 cm³/mol. The highest BCUT2D eigenvalue weighted by Gasteiger charge is 2.14. The Morgan fingerprint density at radius 1 is 1.38 bits per heavy atom. The van der Waals surface area contributed by atoms with Gasteiger partial charge in [0.25, 0.3) is 0 Å². The molecule has 0 fully saturated rings. The molecular formula is C12H21N3O. The third kappa shape index (κ3) is 4.16. The zero-order valence-electron chi connectivity index (χ0n) is 10.4. The Balaban J connectivity index is 2.62. The summed E-state index contributed by atoms with van der Waals surface area (Å²) in [6, 6.07) is 5.58. The lowest BCUT2D eigenvalue weighted by Crippen LogP contribution is -2.38. The lowest BCUT2D eigenvalue weighted by Gasteiger charge is -2.22. The van der Waals surface area contributed by atoms with Crippen LogP contribution in [0.1, 0.15) is 32.6 Å². The summed E-state index contributed by atoms with van der Waals surface area (Å²) >= 11 is 0. The van der Waals surface area contributed by atoms with E-state index in [0.717, 1.165) is 5.82 Å². The molecule has 0 spiro atoms. The smallest absolute Gasteiger partial charge is 0.126 e. The monoisotopic (exact) mass is 223 g/mol. The van der Waals surface area contributed by atoms with Gasteiger partial charge in [0.15, 0.2) is 0 Å². The molecular weight excluding hydrogens is 202 g/mol. The van der Waals surface area contributed by atoms with E-state index in [1.54, 1.807) is 0 Å². The fourth-order valence-electron chi connectivity index (χ4n) is 1.28. The highest BCUT2D eigenvalue weighted by molar-refractivity contribution is 5.34. The molecule has 0 aliphatic heterocycles. The van der Waals surface area contributed by atoms with Gasteiger partial charge in [0.05, 0.1) is 5.69 Å². The summed E-state index contributed by atoms with van der Waals surface area (Å²) in [5.74, 6) is 0.771. The van der Waals surface area contributed by atoms with E-state index in [1.807, 2.05) is 25.2 Å². The largest absolute Gasteiger partial charge is 0.385 e. The molecule has 90 valence electrons. The number of aromatic nitrogens is 1. The Labute approximate surface area is 97.1 Å². The van der Waals surface area contributed by atoms with E-state index in [4.69, 9.17) is 0 Å². The summed E-state index contributed by atoms with van der Waals surface area (Å²) in [7, 11) is 1.81. The first kappa shape index (κ1) is 12.9. The number of hydrogen-bond donors (Lipinski definition) is 3. The second kappa shape index (κ2) is 5.27. The van der Waals surface area contributed by atoms with Crippen molar-refractivity contribution in [2.45, 2.75) is 32.4 Å². The normalized spacial score (nSPS) is 13.6. The van der Waals surface area contributed by atoms with Gasteiger partial charge in [0.1, 0.15) is 11.9 Å². The van der Waals surface area contributed by atoms with Crippen molar-refractivity contribution in [2.24, 2.45) is 0 Å². The van der Waals surface area contributed by atoms with E-state index < -0.39 is 6.10 Å². The van der Waals surface area contributed by atoms with Gasteiger partial charge in [0, 0.05) is 19.1 Å². The van der Waals surface area contributed by atoms with Crippen molar-refractivity contribution in [3.05, 3.63) is 23.9 Å². The molecule has 0 bridgehead atoms. The Kier molecular flexibility index (Phi) is 4.26. The van der Waals surface area contributed by atoms with Crippen molar-refractivity contribution in [3.63, 3.8) is 0 Å². The third-order valence-electron chi connectivity index (χ3n) is 2.19. The first-order valence-corrected chi connectivity index (χ1v) is 5.50. The highest BCUT2D eigenvalue weighted by atomic mass is 16.3. The molecule has 1 aromatic rings. The molecule has 0 unspecified atom stereocenters. The fourth-order valence-corrected chi connectivity index (χ4v) is 1.28. The average molecular weight is 223 g/mol. The fraction of sp³-hybridized carbons (Fsp3) is 0.583. The molecule has 1 atom stereocenters. The van der Waals surface area contributed by atoms with Crippen molar-refractivity contribution in [1.29, 1.82) is 0 Å². The SMILES string of the molecule is CNc1cccc([C@H](O)CNC(C)(C)C)n1. The standard InChI is InChI=1S/C12H21N3O/c1-12(2,3)14-8-10(16)9-6-5-7-11(13-4)15-9/h5-7,10,14,16H,8H2,1-4H3,(H,13,15)/t10-/m1/s1. The van der Waals surface area contributed by atoms with Gasteiger partial charge in [-0.25, -0.2) is 4.98 Å². The molecule has 0 amide bonds. The van der Waals surface area contributed by atoms with Crippen molar-refractivity contribution < 1.29 is 5.11 Å². The molecule has 0 aromatic carbocycles. The summed E-state index contributed by atoms with van der Waals surface area (Å²) < 4.78 is 0.